The van der Waals surface area contributed by atoms with Crippen LogP contribution in [-0.2, 0) is 0 Å². The van der Waals surface area contributed by atoms with Crippen molar-refractivity contribution in [3.63, 3.8) is 0 Å². The van der Waals surface area contributed by atoms with Gasteiger partial charge in [0.05, 0.1) is 13.2 Å². The van der Waals surface area contributed by atoms with Crippen LogP contribution in [0.4, 0.5) is 4.39 Å². The molecule has 0 bridgehead atoms. The number of piperidine rings is 1. The Bertz CT molecular complexity index is 502. The smallest absolute Gasteiger partial charge is 0.251 e. The maximum atomic E-state index is 13.5. The first-order chi connectivity index (χ1) is 10.6. The van der Waals surface area contributed by atoms with Crippen molar-refractivity contribution >= 4 is 5.91 Å². The molecule has 1 amide bonds. The topological polar surface area (TPSA) is 61.8 Å². The molecular weight excluding hydrogens is 287 g/mol. The van der Waals surface area contributed by atoms with Gasteiger partial charge in [0.2, 0.25) is 0 Å². The zero-order chi connectivity index (χ0) is 15.9. The minimum absolute atomic E-state index is 0.129. The fraction of sp³-hybridized carbons (Fsp3) is 0.562. The summed E-state index contributed by atoms with van der Waals surface area (Å²) in [6, 6.07) is 4.17. The van der Waals surface area contributed by atoms with Crippen molar-refractivity contribution < 1.29 is 19.0 Å². The number of benzene rings is 1. The Balaban J connectivity index is 1.70. The molecule has 0 atom stereocenters. The number of aliphatic hydroxyl groups excluding tert-OH is 1. The Morgan fingerprint density at radius 3 is 2.82 bits per heavy atom. The Morgan fingerprint density at radius 2 is 2.18 bits per heavy atom. The second-order valence-electron chi connectivity index (χ2n) is 5.53. The Morgan fingerprint density at radius 1 is 1.45 bits per heavy atom. The van der Waals surface area contributed by atoms with E-state index in [9.17, 15) is 14.3 Å². The van der Waals surface area contributed by atoms with Crippen LogP contribution in [0, 0.1) is 5.82 Å². The third kappa shape index (κ3) is 4.68. The van der Waals surface area contributed by atoms with Crippen LogP contribution in [0.5, 0.6) is 5.75 Å². The molecule has 22 heavy (non-hydrogen) atoms. The van der Waals surface area contributed by atoms with E-state index in [1.54, 1.807) is 6.07 Å². The number of halogens is 1. The highest BCUT2D eigenvalue weighted by Crippen LogP contribution is 2.17. The van der Waals surface area contributed by atoms with Crippen molar-refractivity contribution in [2.45, 2.75) is 25.4 Å². The molecule has 1 aromatic rings. The number of methoxy groups -OCH3 is 1. The minimum Gasteiger partial charge on any atom is -0.494 e. The number of hydrogen-bond donors (Lipinski definition) is 2. The first-order valence-corrected chi connectivity index (χ1v) is 7.62. The normalized spacial score (nSPS) is 16.5. The van der Waals surface area contributed by atoms with E-state index in [4.69, 9.17) is 4.74 Å². The van der Waals surface area contributed by atoms with Gasteiger partial charge >= 0.3 is 0 Å². The lowest BCUT2D eigenvalue weighted by atomic mass is 10.1. The Labute approximate surface area is 130 Å². The van der Waals surface area contributed by atoms with Crippen molar-refractivity contribution in [3.8, 4) is 5.75 Å². The van der Waals surface area contributed by atoms with Gasteiger partial charge in [-0.05, 0) is 44.0 Å². The van der Waals surface area contributed by atoms with Gasteiger partial charge in [0.1, 0.15) is 0 Å². The number of nitrogens with one attached hydrogen (secondary N) is 1. The minimum atomic E-state index is -0.540. The third-order valence-corrected chi connectivity index (χ3v) is 3.91. The fourth-order valence-corrected chi connectivity index (χ4v) is 2.56. The summed E-state index contributed by atoms with van der Waals surface area (Å²) in [4.78, 5) is 14.2. The number of ether oxygens (including phenoxy) is 1. The van der Waals surface area contributed by atoms with E-state index in [2.05, 4.69) is 10.2 Å². The molecule has 1 fully saturated rings. The van der Waals surface area contributed by atoms with Crippen LogP contribution < -0.4 is 10.1 Å². The molecule has 0 aromatic heterocycles. The highest BCUT2D eigenvalue weighted by atomic mass is 19.1. The van der Waals surface area contributed by atoms with Crippen molar-refractivity contribution in [2.75, 3.05) is 33.3 Å². The van der Waals surface area contributed by atoms with Gasteiger partial charge < -0.3 is 20.1 Å². The van der Waals surface area contributed by atoms with Gasteiger partial charge in [-0.2, -0.15) is 0 Å². The second-order valence-corrected chi connectivity index (χ2v) is 5.53. The highest BCUT2D eigenvalue weighted by Gasteiger charge is 2.16. The van der Waals surface area contributed by atoms with Gasteiger partial charge in [-0.25, -0.2) is 4.39 Å². The van der Waals surface area contributed by atoms with E-state index in [-0.39, 0.29) is 17.8 Å². The number of nitrogens with zero attached hydrogens (tertiary/aromatic N) is 1. The summed E-state index contributed by atoms with van der Waals surface area (Å²) in [5, 5.41) is 12.2. The van der Waals surface area contributed by atoms with Gasteiger partial charge in [-0.15, -0.1) is 0 Å². The molecule has 1 heterocycles. The first kappa shape index (κ1) is 16.7. The molecule has 1 aliphatic heterocycles. The lowest BCUT2D eigenvalue weighted by molar-refractivity contribution is 0.0816. The number of hydrogen-bond acceptors (Lipinski definition) is 4. The monoisotopic (exact) mass is 310 g/mol. The molecule has 0 saturated carbocycles. The molecule has 122 valence electrons. The maximum absolute atomic E-state index is 13.5. The van der Waals surface area contributed by atoms with E-state index in [1.807, 2.05) is 0 Å². The summed E-state index contributed by atoms with van der Waals surface area (Å²) in [6.07, 6.45) is 2.30. The van der Waals surface area contributed by atoms with Crippen molar-refractivity contribution in [1.29, 1.82) is 0 Å². The van der Waals surface area contributed by atoms with Crippen molar-refractivity contribution in [3.05, 3.63) is 29.6 Å². The van der Waals surface area contributed by atoms with Crippen molar-refractivity contribution in [2.24, 2.45) is 0 Å². The quantitative estimate of drug-likeness (QED) is 0.780. The summed E-state index contributed by atoms with van der Waals surface area (Å²) >= 11 is 0. The first-order valence-electron chi connectivity index (χ1n) is 7.62. The summed E-state index contributed by atoms with van der Waals surface area (Å²) in [5.41, 5.74) is 0.291. The van der Waals surface area contributed by atoms with Gasteiger partial charge in [-0.3, -0.25) is 4.79 Å². The summed E-state index contributed by atoms with van der Waals surface area (Å²) in [6.45, 7) is 3.24. The molecule has 0 radical (unpaired) electrons. The van der Waals surface area contributed by atoms with E-state index in [1.165, 1.54) is 19.2 Å². The van der Waals surface area contributed by atoms with E-state index in [0.29, 0.717) is 12.1 Å². The number of aliphatic hydroxyl groups is 1. The molecule has 0 spiro atoms. The lowest BCUT2D eigenvalue weighted by Crippen LogP contribution is -2.37. The highest BCUT2D eigenvalue weighted by molar-refractivity contribution is 5.94. The SMILES string of the molecule is COc1ccc(C(=O)NCCCN2CCC(O)CC2)cc1F. The zero-order valence-electron chi connectivity index (χ0n) is 12.8. The van der Waals surface area contributed by atoms with E-state index >= 15 is 0 Å². The molecule has 1 aliphatic rings. The van der Waals surface area contributed by atoms with Crippen LogP contribution in [-0.4, -0.2) is 55.3 Å². The van der Waals surface area contributed by atoms with Crippen LogP contribution in [0.2, 0.25) is 0 Å². The summed E-state index contributed by atoms with van der Waals surface area (Å²) < 4.78 is 18.4. The number of amides is 1. The molecule has 2 N–H and O–H groups in total. The standard InChI is InChI=1S/C16H23FN2O3/c1-22-15-4-3-12(11-14(15)17)16(21)18-7-2-8-19-9-5-13(20)6-10-19/h3-4,11,13,20H,2,5-10H2,1H3,(H,18,21). The Hall–Kier alpha value is -1.66. The van der Waals surface area contributed by atoms with Gasteiger partial charge in [0.15, 0.2) is 11.6 Å². The van der Waals surface area contributed by atoms with Crippen molar-refractivity contribution in [1.82, 2.24) is 10.2 Å². The molecule has 1 aromatic carbocycles. The molecule has 0 aliphatic carbocycles. The number of likely N-dealkylation sites (tertiary alicyclic amines) is 1. The number of carbonyl (C=O) groups is 1. The largest absolute Gasteiger partial charge is 0.494 e. The number of carbonyl (C=O) groups excluding carboxylic acids is 1. The van der Waals surface area contributed by atoms with Crippen LogP contribution in [0.3, 0.4) is 0 Å². The summed E-state index contributed by atoms with van der Waals surface area (Å²) in [5.74, 6) is -0.693. The molecule has 2 rings (SSSR count). The molecule has 1 saturated heterocycles. The third-order valence-electron chi connectivity index (χ3n) is 3.91. The average molecular weight is 310 g/mol. The van der Waals surface area contributed by atoms with E-state index in [0.717, 1.165) is 38.9 Å². The van der Waals surface area contributed by atoms with Crippen LogP contribution >= 0.6 is 0 Å². The van der Waals surface area contributed by atoms with Crippen LogP contribution in [0.15, 0.2) is 18.2 Å². The maximum Gasteiger partial charge on any atom is 0.251 e. The van der Waals surface area contributed by atoms with Crippen LogP contribution in [0.1, 0.15) is 29.6 Å². The van der Waals surface area contributed by atoms with E-state index < -0.39 is 5.82 Å². The van der Waals surface area contributed by atoms with Gasteiger partial charge in [0, 0.05) is 25.2 Å². The van der Waals surface area contributed by atoms with Crippen LogP contribution in [0.25, 0.3) is 0 Å². The second kappa shape index (κ2) is 8.10. The zero-order valence-corrected chi connectivity index (χ0v) is 12.8. The molecule has 6 heteroatoms. The predicted octanol–water partition coefficient (Wildman–Crippen LogP) is 1.41. The molecular formula is C16H23FN2O3. The lowest BCUT2D eigenvalue weighted by Gasteiger charge is -2.29. The fourth-order valence-electron chi connectivity index (χ4n) is 2.56. The molecule has 5 nitrogen and oxygen atoms in total. The molecule has 0 unspecified atom stereocenters. The predicted molar refractivity (Wildman–Crippen MR) is 81.6 cm³/mol. The summed E-state index contributed by atoms with van der Waals surface area (Å²) in [7, 11) is 1.39. The number of rotatable bonds is 6. The average Bonchev–Trinajstić information content (AvgIpc) is 2.53. The van der Waals surface area contributed by atoms with Gasteiger partial charge in [0.25, 0.3) is 5.91 Å². The Kier molecular flexibility index (Phi) is 6.15. The van der Waals surface area contributed by atoms with Gasteiger partial charge in [-0.1, -0.05) is 0 Å².